The molecule has 2 rings (SSSR count). The van der Waals surface area contributed by atoms with Crippen LogP contribution >= 0.6 is 0 Å². The van der Waals surface area contributed by atoms with Gasteiger partial charge in [-0.15, -0.1) is 0 Å². The molecule has 0 saturated carbocycles. The zero-order valence-electron chi connectivity index (χ0n) is 12.0. The van der Waals surface area contributed by atoms with Gasteiger partial charge in [-0.3, -0.25) is 13.9 Å². The maximum atomic E-state index is 12.0. The number of aryl methyl sites for hydroxylation is 1. The van der Waals surface area contributed by atoms with E-state index in [0.29, 0.717) is 12.2 Å². The molecule has 2 heterocycles. The Morgan fingerprint density at radius 1 is 1.25 bits per heavy atom. The summed E-state index contributed by atoms with van der Waals surface area (Å²) in [6.07, 6.45) is 2.85. The van der Waals surface area contributed by atoms with E-state index in [2.05, 4.69) is 16.9 Å². The van der Waals surface area contributed by atoms with E-state index in [1.54, 1.807) is 7.05 Å². The first-order valence-electron chi connectivity index (χ1n) is 6.81. The fraction of sp³-hybridized carbons (Fsp3) is 0.615. The van der Waals surface area contributed by atoms with Crippen LogP contribution in [0.15, 0.2) is 9.59 Å². The number of hydrogen-bond acceptors (Lipinski definition) is 4. The summed E-state index contributed by atoms with van der Waals surface area (Å²) in [5.74, 6) is 0.342. The number of nitrogens with zero attached hydrogens (tertiary/aromatic N) is 3. The van der Waals surface area contributed by atoms with Gasteiger partial charge in [0, 0.05) is 14.1 Å². The van der Waals surface area contributed by atoms with Gasteiger partial charge >= 0.3 is 5.69 Å². The zero-order valence-corrected chi connectivity index (χ0v) is 12.0. The topological polar surface area (TPSA) is 92.9 Å². The molecule has 0 bridgehead atoms. The maximum absolute atomic E-state index is 12.0. The number of H-pyrrole nitrogens is 1. The van der Waals surface area contributed by atoms with E-state index < -0.39 is 17.4 Å². The molecule has 0 aliphatic rings. The lowest BCUT2D eigenvalue weighted by Crippen LogP contribution is -2.36. The second-order valence-corrected chi connectivity index (χ2v) is 5.04. The smallest absolute Gasteiger partial charge is 0.332 e. The second kappa shape index (κ2) is 5.62. The quantitative estimate of drug-likeness (QED) is 0.783. The number of nitrogens with one attached hydrogen (secondary N) is 1. The number of rotatable bonds is 5. The monoisotopic (exact) mass is 280 g/mol. The number of hydrogen-bond donors (Lipinski definition) is 2. The van der Waals surface area contributed by atoms with Crippen molar-refractivity contribution in [3.8, 4) is 0 Å². The molecule has 0 saturated heterocycles. The fourth-order valence-electron chi connectivity index (χ4n) is 2.23. The first kappa shape index (κ1) is 14.5. The highest BCUT2D eigenvalue weighted by atomic mass is 16.3. The maximum Gasteiger partial charge on any atom is 0.332 e. The van der Waals surface area contributed by atoms with Gasteiger partial charge < -0.3 is 10.1 Å². The molecule has 0 amide bonds. The van der Waals surface area contributed by atoms with Gasteiger partial charge in [-0.1, -0.05) is 26.2 Å². The third-order valence-electron chi connectivity index (χ3n) is 3.51. The Hall–Kier alpha value is -1.89. The van der Waals surface area contributed by atoms with Gasteiger partial charge in [0.25, 0.3) is 5.56 Å². The number of aliphatic hydroxyl groups excluding tert-OH is 1. The number of aromatic amines is 1. The standard InChI is InChI=1S/C13H20N4O3/c1-4-5-6-7-8(18)10-14-9-11(15-10)16(2)13(20)17(3)12(9)19/h8,18H,4-7H2,1-3H3,(H,14,15). The van der Waals surface area contributed by atoms with Gasteiger partial charge in [-0.25, -0.2) is 9.78 Å². The van der Waals surface area contributed by atoms with E-state index in [0.717, 1.165) is 23.8 Å². The third kappa shape index (κ3) is 2.40. The Kier molecular flexibility index (Phi) is 4.08. The summed E-state index contributed by atoms with van der Waals surface area (Å²) in [6, 6.07) is 0. The van der Waals surface area contributed by atoms with Crippen LogP contribution in [-0.4, -0.2) is 24.2 Å². The summed E-state index contributed by atoms with van der Waals surface area (Å²) in [5, 5.41) is 10.1. The summed E-state index contributed by atoms with van der Waals surface area (Å²) in [4.78, 5) is 30.8. The Bertz CT molecular complexity index is 726. The normalized spacial score (nSPS) is 13.0. The van der Waals surface area contributed by atoms with Crippen LogP contribution < -0.4 is 11.2 Å². The molecule has 7 heteroatoms. The predicted octanol–water partition coefficient (Wildman–Crippen LogP) is 0.574. The Labute approximate surface area is 115 Å². The van der Waals surface area contributed by atoms with Crippen LogP contribution in [0, 0.1) is 0 Å². The minimum absolute atomic E-state index is 0.249. The van der Waals surface area contributed by atoms with Crippen molar-refractivity contribution >= 4 is 11.2 Å². The van der Waals surface area contributed by atoms with Crippen LogP contribution in [0.1, 0.15) is 44.5 Å². The minimum Gasteiger partial charge on any atom is -0.385 e. The average Bonchev–Trinajstić information content (AvgIpc) is 2.88. The van der Waals surface area contributed by atoms with Crippen molar-refractivity contribution in [1.82, 2.24) is 19.1 Å². The molecule has 0 fully saturated rings. The molecule has 2 aromatic heterocycles. The lowest BCUT2D eigenvalue weighted by Gasteiger charge is -2.05. The van der Waals surface area contributed by atoms with Crippen LogP contribution in [0.4, 0.5) is 0 Å². The SMILES string of the molecule is CCCCCC(O)c1nc2c([nH]1)c(=O)n(C)c(=O)n2C. The summed E-state index contributed by atoms with van der Waals surface area (Å²) in [5.41, 5.74) is -0.328. The molecule has 20 heavy (non-hydrogen) atoms. The number of aromatic nitrogens is 4. The lowest BCUT2D eigenvalue weighted by atomic mass is 10.1. The molecule has 110 valence electrons. The van der Waals surface area contributed by atoms with E-state index >= 15 is 0 Å². The van der Waals surface area contributed by atoms with E-state index in [4.69, 9.17) is 0 Å². The van der Waals surface area contributed by atoms with Crippen molar-refractivity contribution in [1.29, 1.82) is 0 Å². The molecule has 0 aliphatic heterocycles. The van der Waals surface area contributed by atoms with Gasteiger partial charge in [-0.05, 0) is 6.42 Å². The van der Waals surface area contributed by atoms with Crippen molar-refractivity contribution in [3.63, 3.8) is 0 Å². The highest BCUT2D eigenvalue weighted by Gasteiger charge is 2.17. The van der Waals surface area contributed by atoms with Crippen molar-refractivity contribution < 1.29 is 5.11 Å². The predicted molar refractivity (Wildman–Crippen MR) is 75.7 cm³/mol. The van der Waals surface area contributed by atoms with Crippen LogP contribution in [0.3, 0.4) is 0 Å². The molecule has 2 aromatic rings. The molecular formula is C13H20N4O3. The molecular weight excluding hydrogens is 260 g/mol. The van der Waals surface area contributed by atoms with E-state index in [1.165, 1.54) is 11.6 Å². The van der Waals surface area contributed by atoms with E-state index in [1.807, 2.05) is 0 Å². The lowest BCUT2D eigenvalue weighted by molar-refractivity contribution is 0.155. The first-order chi connectivity index (χ1) is 9.47. The molecule has 1 atom stereocenters. The van der Waals surface area contributed by atoms with Gasteiger partial charge in [0.15, 0.2) is 5.65 Å². The number of fused-ring (bicyclic) bond motifs is 1. The van der Waals surface area contributed by atoms with Crippen LogP contribution in [0.25, 0.3) is 11.2 Å². The summed E-state index contributed by atoms with van der Waals surface area (Å²) >= 11 is 0. The van der Waals surface area contributed by atoms with Gasteiger partial charge in [0.1, 0.15) is 17.4 Å². The summed E-state index contributed by atoms with van der Waals surface area (Å²) < 4.78 is 2.32. The van der Waals surface area contributed by atoms with Crippen molar-refractivity contribution in [2.45, 2.75) is 38.7 Å². The fourth-order valence-corrected chi connectivity index (χ4v) is 2.23. The highest BCUT2D eigenvalue weighted by molar-refractivity contribution is 5.69. The summed E-state index contributed by atoms with van der Waals surface area (Å²) in [7, 11) is 2.97. The zero-order chi connectivity index (χ0) is 14.9. The summed E-state index contributed by atoms with van der Waals surface area (Å²) in [6.45, 7) is 2.09. The molecule has 7 nitrogen and oxygen atoms in total. The molecule has 1 unspecified atom stereocenters. The van der Waals surface area contributed by atoms with Crippen molar-refractivity contribution in [3.05, 3.63) is 26.7 Å². The Balaban J connectivity index is 2.44. The average molecular weight is 280 g/mol. The van der Waals surface area contributed by atoms with Crippen LogP contribution in [0.5, 0.6) is 0 Å². The minimum atomic E-state index is -0.742. The Morgan fingerprint density at radius 3 is 2.60 bits per heavy atom. The van der Waals surface area contributed by atoms with Gasteiger partial charge in [-0.2, -0.15) is 0 Å². The Morgan fingerprint density at radius 2 is 1.95 bits per heavy atom. The molecule has 0 spiro atoms. The van der Waals surface area contributed by atoms with E-state index in [9.17, 15) is 14.7 Å². The largest absolute Gasteiger partial charge is 0.385 e. The first-order valence-corrected chi connectivity index (χ1v) is 6.81. The number of imidazole rings is 1. The molecule has 0 aromatic carbocycles. The van der Waals surface area contributed by atoms with Crippen LogP contribution in [-0.2, 0) is 14.1 Å². The van der Waals surface area contributed by atoms with E-state index in [-0.39, 0.29) is 11.2 Å². The molecule has 2 N–H and O–H groups in total. The second-order valence-electron chi connectivity index (χ2n) is 5.04. The van der Waals surface area contributed by atoms with Crippen molar-refractivity contribution in [2.75, 3.05) is 0 Å². The molecule has 0 radical (unpaired) electrons. The molecule has 0 aliphatic carbocycles. The number of unbranched alkanes of at least 4 members (excludes halogenated alkanes) is 2. The highest BCUT2D eigenvalue weighted by Crippen LogP contribution is 2.18. The third-order valence-corrected chi connectivity index (χ3v) is 3.51. The van der Waals surface area contributed by atoms with Crippen LogP contribution in [0.2, 0.25) is 0 Å². The van der Waals surface area contributed by atoms with Gasteiger partial charge in [0.05, 0.1) is 0 Å². The number of aliphatic hydroxyl groups is 1. The van der Waals surface area contributed by atoms with Crippen molar-refractivity contribution in [2.24, 2.45) is 14.1 Å². The van der Waals surface area contributed by atoms with Gasteiger partial charge in [0.2, 0.25) is 0 Å².